The summed E-state index contributed by atoms with van der Waals surface area (Å²) in [7, 11) is 0. The van der Waals surface area contributed by atoms with Crippen molar-refractivity contribution in [3.05, 3.63) is 58.0 Å². The number of rotatable bonds is 8. The minimum atomic E-state index is -0.149. The Morgan fingerprint density at radius 3 is 2.55 bits per heavy atom. The average Bonchev–Trinajstić information content (AvgIpc) is 2.98. The molecule has 0 atom stereocenters. The maximum atomic E-state index is 12.9. The van der Waals surface area contributed by atoms with Gasteiger partial charge in [-0.15, -0.1) is 0 Å². The maximum Gasteiger partial charge on any atom is 0.270 e. The van der Waals surface area contributed by atoms with E-state index in [9.17, 15) is 4.79 Å². The van der Waals surface area contributed by atoms with Gasteiger partial charge in [0.2, 0.25) is 0 Å². The van der Waals surface area contributed by atoms with E-state index in [0.717, 1.165) is 18.4 Å². The van der Waals surface area contributed by atoms with Crippen molar-refractivity contribution in [2.75, 3.05) is 18.1 Å². The summed E-state index contributed by atoms with van der Waals surface area (Å²) < 4.78 is 12.0. The fourth-order valence-corrected chi connectivity index (χ4v) is 4.19. The number of carbonyl (C=O) groups is 1. The standard InChI is InChI=1S/C22H22ClNO3S2/c1-3-5-12-27-18-11-6-15(13-19(18)26-4-2)14-20-21(25)24(22(28)29-20)17-9-7-16(23)8-10-17/h6-11,13-14H,3-5,12H2,1-2H3/b20-14+. The number of anilines is 1. The molecule has 1 heterocycles. The molecule has 29 heavy (non-hydrogen) atoms. The second-order valence-electron chi connectivity index (χ2n) is 6.33. The molecule has 1 amide bonds. The molecule has 0 aromatic heterocycles. The number of thioether (sulfide) groups is 1. The molecule has 0 radical (unpaired) electrons. The number of carbonyl (C=O) groups excluding carboxylic acids is 1. The fraction of sp³-hybridized carbons (Fsp3) is 0.273. The predicted octanol–water partition coefficient (Wildman–Crippen LogP) is 6.32. The Labute approximate surface area is 185 Å². The Bertz CT molecular complexity index is 928. The summed E-state index contributed by atoms with van der Waals surface area (Å²) in [6, 6.07) is 12.7. The topological polar surface area (TPSA) is 38.8 Å². The second kappa shape index (κ2) is 10.1. The van der Waals surface area contributed by atoms with Crippen LogP contribution in [0.1, 0.15) is 32.3 Å². The SMILES string of the molecule is CCCCOc1ccc(/C=C2/SC(=S)N(c3ccc(Cl)cc3)C2=O)cc1OCC. The van der Waals surface area contributed by atoms with Crippen molar-refractivity contribution in [1.29, 1.82) is 0 Å². The predicted molar refractivity (Wildman–Crippen MR) is 125 cm³/mol. The first-order valence-corrected chi connectivity index (χ1v) is 11.1. The third kappa shape index (κ3) is 5.32. The van der Waals surface area contributed by atoms with Crippen LogP contribution in [0.3, 0.4) is 0 Å². The van der Waals surface area contributed by atoms with Gasteiger partial charge < -0.3 is 9.47 Å². The number of hydrogen-bond donors (Lipinski definition) is 0. The number of thiocarbonyl (C=S) groups is 1. The van der Waals surface area contributed by atoms with Crippen LogP contribution in [0.5, 0.6) is 11.5 Å². The van der Waals surface area contributed by atoms with E-state index in [2.05, 4.69) is 6.92 Å². The van der Waals surface area contributed by atoms with Crippen LogP contribution in [0.15, 0.2) is 47.4 Å². The molecule has 4 nitrogen and oxygen atoms in total. The minimum Gasteiger partial charge on any atom is -0.490 e. The lowest BCUT2D eigenvalue weighted by Gasteiger charge is -2.14. The van der Waals surface area contributed by atoms with E-state index in [0.29, 0.717) is 44.6 Å². The molecule has 0 aliphatic carbocycles. The first-order valence-electron chi connectivity index (χ1n) is 9.46. The van der Waals surface area contributed by atoms with Gasteiger partial charge in [-0.25, -0.2) is 0 Å². The highest BCUT2D eigenvalue weighted by molar-refractivity contribution is 8.27. The molecule has 152 valence electrons. The summed E-state index contributed by atoms with van der Waals surface area (Å²) in [5, 5.41) is 0.611. The van der Waals surface area contributed by atoms with Gasteiger partial charge in [0.05, 0.1) is 23.8 Å². The molecule has 0 bridgehead atoms. The lowest BCUT2D eigenvalue weighted by Crippen LogP contribution is -2.27. The Morgan fingerprint density at radius 1 is 1.10 bits per heavy atom. The molecule has 2 aromatic carbocycles. The molecule has 3 rings (SSSR count). The summed E-state index contributed by atoms with van der Waals surface area (Å²) >= 11 is 12.6. The van der Waals surface area contributed by atoms with Crippen molar-refractivity contribution < 1.29 is 14.3 Å². The Hall–Kier alpha value is -2.02. The molecule has 0 N–H and O–H groups in total. The Kier molecular flexibility index (Phi) is 7.58. The van der Waals surface area contributed by atoms with E-state index >= 15 is 0 Å². The Morgan fingerprint density at radius 2 is 1.86 bits per heavy atom. The third-order valence-corrected chi connectivity index (χ3v) is 5.75. The van der Waals surface area contributed by atoms with Crippen LogP contribution in [0.4, 0.5) is 5.69 Å². The zero-order valence-electron chi connectivity index (χ0n) is 16.3. The highest BCUT2D eigenvalue weighted by atomic mass is 35.5. The normalized spacial score (nSPS) is 15.3. The third-order valence-electron chi connectivity index (χ3n) is 4.20. The number of hydrogen-bond acceptors (Lipinski definition) is 5. The minimum absolute atomic E-state index is 0.149. The molecule has 1 aliphatic heterocycles. The van der Waals surface area contributed by atoms with Gasteiger partial charge in [0, 0.05) is 5.02 Å². The molecule has 2 aromatic rings. The summed E-state index contributed by atoms with van der Waals surface area (Å²) in [5.74, 6) is 1.24. The average molecular weight is 448 g/mol. The van der Waals surface area contributed by atoms with Crippen molar-refractivity contribution in [2.45, 2.75) is 26.7 Å². The van der Waals surface area contributed by atoms with E-state index in [1.54, 1.807) is 24.3 Å². The highest BCUT2D eigenvalue weighted by Gasteiger charge is 2.33. The van der Waals surface area contributed by atoms with E-state index in [4.69, 9.17) is 33.3 Å². The molecule has 0 saturated carbocycles. The lowest BCUT2D eigenvalue weighted by molar-refractivity contribution is -0.113. The second-order valence-corrected chi connectivity index (χ2v) is 8.45. The molecule has 0 unspecified atom stereocenters. The molecule has 1 aliphatic rings. The molecule has 0 spiro atoms. The van der Waals surface area contributed by atoms with Crippen molar-refractivity contribution in [3.8, 4) is 11.5 Å². The molecule has 7 heteroatoms. The van der Waals surface area contributed by atoms with Gasteiger partial charge in [-0.2, -0.15) is 0 Å². The van der Waals surface area contributed by atoms with Crippen LogP contribution in [-0.4, -0.2) is 23.4 Å². The van der Waals surface area contributed by atoms with Gasteiger partial charge in [-0.3, -0.25) is 9.69 Å². The van der Waals surface area contributed by atoms with Gasteiger partial charge >= 0.3 is 0 Å². The van der Waals surface area contributed by atoms with E-state index in [1.807, 2.05) is 31.2 Å². The summed E-state index contributed by atoms with van der Waals surface area (Å²) in [4.78, 5) is 15.0. The van der Waals surface area contributed by atoms with Crippen LogP contribution >= 0.6 is 35.6 Å². The van der Waals surface area contributed by atoms with Crippen LogP contribution in [0.25, 0.3) is 6.08 Å². The molecular formula is C22H22ClNO3S2. The number of halogens is 1. The quantitative estimate of drug-likeness (QED) is 0.269. The maximum absolute atomic E-state index is 12.9. The largest absolute Gasteiger partial charge is 0.490 e. The van der Waals surface area contributed by atoms with E-state index < -0.39 is 0 Å². The van der Waals surface area contributed by atoms with Gasteiger partial charge in [0.1, 0.15) is 0 Å². The van der Waals surface area contributed by atoms with Gasteiger partial charge in [-0.1, -0.05) is 55.0 Å². The first-order chi connectivity index (χ1) is 14.0. The number of nitrogens with zero attached hydrogens (tertiary/aromatic N) is 1. The number of amides is 1. The lowest BCUT2D eigenvalue weighted by atomic mass is 10.1. The van der Waals surface area contributed by atoms with Crippen molar-refractivity contribution >= 4 is 57.6 Å². The van der Waals surface area contributed by atoms with Gasteiger partial charge in [0.25, 0.3) is 5.91 Å². The highest BCUT2D eigenvalue weighted by Crippen LogP contribution is 2.37. The fourth-order valence-electron chi connectivity index (χ4n) is 2.76. The van der Waals surface area contributed by atoms with Crippen molar-refractivity contribution in [1.82, 2.24) is 0 Å². The number of benzene rings is 2. The smallest absolute Gasteiger partial charge is 0.270 e. The number of unbranched alkanes of at least 4 members (excludes halogenated alkanes) is 1. The van der Waals surface area contributed by atoms with E-state index in [1.165, 1.54) is 16.7 Å². The Balaban J connectivity index is 1.83. The van der Waals surface area contributed by atoms with Crippen LogP contribution in [0.2, 0.25) is 5.02 Å². The van der Waals surface area contributed by atoms with Crippen molar-refractivity contribution in [2.24, 2.45) is 0 Å². The zero-order chi connectivity index (χ0) is 20.8. The summed E-state index contributed by atoms with van der Waals surface area (Å²) in [5.41, 5.74) is 1.56. The van der Waals surface area contributed by atoms with Crippen LogP contribution in [-0.2, 0) is 4.79 Å². The van der Waals surface area contributed by atoms with E-state index in [-0.39, 0.29) is 5.91 Å². The van der Waals surface area contributed by atoms with Gasteiger partial charge in [0.15, 0.2) is 15.8 Å². The monoisotopic (exact) mass is 447 g/mol. The summed E-state index contributed by atoms with van der Waals surface area (Å²) in [6.45, 7) is 5.23. The van der Waals surface area contributed by atoms with Crippen LogP contribution in [0, 0.1) is 0 Å². The van der Waals surface area contributed by atoms with Crippen LogP contribution < -0.4 is 14.4 Å². The molecular weight excluding hydrogens is 426 g/mol. The summed E-state index contributed by atoms with van der Waals surface area (Å²) in [6.07, 6.45) is 3.88. The van der Waals surface area contributed by atoms with Crippen molar-refractivity contribution in [3.63, 3.8) is 0 Å². The zero-order valence-corrected chi connectivity index (χ0v) is 18.7. The molecule has 1 fully saturated rings. The first kappa shape index (κ1) is 21.7. The van der Waals surface area contributed by atoms with Gasteiger partial charge in [-0.05, 0) is 61.4 Å². The molecule has 1 saturated heterocycles. The number of ether oxygens (including phenoxy) is 2.